The Kier molecular flexibility index (Phi) is 12.6. The number of fused-ring (bicyclic) bond motifs is 6. The maximum absolute atomic E-state index is 15.1. The van der Waals surface area contributed by atoms with Crippen molar-refractivity contribution in [3.8, 4) is 0 Å². The number of rotatable bonds is 8. The number of carbonyl (C=O) groups is 6. The predicted molar refractivity (Wildman–Crippen MR) is 243 cm³/mol. The van der Waals surface area contributed by atoms with Gasteiger partial charge in [0, 0.05) is 49.1 Å². The highest BCUT2D eigenvalue weighted by Gasteiger charge is 2.52. The molecule has 65 heavy (non-hydrogen) atoms. The number of H-pyrrole nitrogens is 1. The first kappa shape index (κ1) is 44.6. The Hall–Kier alpha value is -5.55. The van der Waals surface area contributed by atoms with Crippen molar-refractivity contribution in [1.29, 1.82) is 0 Å². The first-order valence-electron chi connectivity index (χ1n) is 23.4. The third kappa shape index (κ3) is 9.18. The van der Waals surface area contributed by atoms with E-state index in [2.05, 4.69) is 37.0 Å². The number of carbonyl (C=O) groups excluding carboxylic acids is 6. The van der Waals surface area contributed by atoms with Crippen LogP contribution in [0.25, 0.3) is 16.5 Å². The van der Waals surface area contributed by atoms with E-state index in [0.29, 0.717) is 57.8 Å². The second-order valence-corrected chi connectivity index (χ2v) is 20.9. The maximum atomic E-state index is 15.1. The average Bonchev–Trinajstić information content (AvgIpc) is 4.15. The summed E-state index contributed by atoms with van der Waals surface area (Å²) in [5.41, 5.74) is 3.14. The molecule has 2 saturated carbocycles. The van der Waals surface area contributed by atoms with Crippen LogP contribution in [0.1, 0.15) is 100 Å². The van der Waals surface area contributed by atoms with Crippen LogP contribution in [0.4, 0.5) is 0 Å². The van der Waals surface area contributed by atoms with Gasteiger partial charge in [-0.2, -0.15) is 0 Å². The normalized spacial score (nSPS) is 28.7. The smallest absolute Gasteiger partial charge is 0.246 e. The van der Waals surface area contributed by atoms with Gasteiger partial charge in [0.2, 0.25) is 45.5 Å². The van der Waals surface area contributed by atoms with Crippen LogP contribution >= 0.6 is 0 Å². The highest BCUT2D eigenvalue weighted by molar-refractivity contribution is 7.88. The number of aromatic amines is 1. The van der Waals surface area contributed by atoms with Gasteiger partial charge < -0.3 is 36.1 Å². The van der Waals surface area contributed by atoms with Crippen molar-refractivity contribution in [1.82, 2.24) is 40.8 Å². The molecule has 2 aromatic carbocycles. The first-order chi connectivity index (χ1) is 31.3. The van der Waals surface area contributed by atoms with E-state index in [1.165, 1.54) is 4.90 Å². The fourth-order valence-electron chi connectivity index (χ4n) is 11.6. The van der Waals surface area contributed by atoms with Crippen molar-refractivity contribution >= 4 is 61.9 Å². The molecule has 3 aromatic rings. The van der Waals surface area contributed by atoms with Gasteiger partial charge >= 0.3 is 0 Å². The molecule has 3 saturated heterocycles. The standard InChI is InChI=1S/C48H60N8O8S/c1-65(63,64)50-23-20-36-45(60)55-24-10-17-40(55)46(61)56-39-16-7-3-12-31(39)27-41(56)44(59)52-38(25-30-19-18-29-11-2-4-13-33(29)30)43(58)54-48(21-8-9-22-48)47(62)53-37(42(57)51-36)26-32-28-49-35-15-6-5-14-34(32)35/h2,4-6,11,13-15,19,28,31,36-41,49-50H,3,7-10,12,16-18,20-27H2,1H3,(H,51,57)(H,52,59)(H,53,62)(H,54,58)/t31-,36-,37-,38-,39-,40+,41-/m0/s1. The minimum absolute atomic E-state index is 0.0179. The van der Waals surface area contributed by atoms with Crippen LogP contribution < -0.4 is 26.0 Å². The van der Waals surface area contributed by atoms with Gasteiger partial charge in [0.1, 0.15) is 35.7 Å². The van der Waals surface area contributed by atoms with E-state index in [-0.39, 0.29) is 50.2 Å². The molecule has 1 spiro atoms. The lowest BCUT2D eigenvalue weighted by Gasteiger charge is -2.38. The zero-order valence-corrected chi connectivity index (χ0v) is 37.7. The Morgan fingerprint density at radius 1 is 0.754 bits per heavy atom. The molecule has 346 valence electrons. The molecule has 1 aromatic heterocycles. The SMILES string of the molecule is CS(=O)(=O)NCC[C@@H]1NC(=O)[C@H](Cc2c[nH]c3ccccc23)NC(=O)C2(CCCC2)NC(=O)[C@H](CC2=CCc3ccccc32)NC(=O)[C@@H]2C[C@@H]3CCCC[C@@H]3N2C(=O)[C@H]2CCCN2C1=O. The molecular weight excluding hydrogens is 849 g/mol. The summed E-state index contributed by atoms with van der Waals surface area (Å²) in [5, 5.41) is 12.9. The number of hydrogen-bond acceptors (Lipinski definition) is 8. The number of benzene rings is 2. The summed E-state index contributed by atoms with van der Waals surface area (Å²) in [4.78, 5) is 95.8. The number of aromatic nitrogens is 1. The van der Waals surface area contributed by atoms with Crippen LogP contribution in [-0.2, 0) is 51.6 Å². The quantitative estimate of drug-likeness (QED) is 0.197. The van der Waals surface area contributed by atoms with E-state index >= 15 is 4.79 Å². The van der Waals surface area contributed by atoms with Crippen molar-refractivity contribution in [2.45, 2.75) is 138 Å². The lowest BCUT2D eigenvalue weighted by molar-refractivity contribution is -0.150. The average molecular weight is 909 g/mol. The molecule has 3 aliphatic carbocycles. The highest BCUT2D eigenvalue weighted by atomic mass is 32.2. The number of nitrogens with one attached hydrogen (secondary N) is 6. The molecular formula is C48H60N8O8S. The summed E-state index contributed by atoms with van der Waals surface area (Å²) in [6.07, 6.45) is 12.1. The molecule has 16 nitrogen and oxygen atoms in total. The zero-order valence-electron chi connectivity index (χ0n) is 36.9. The fourth-order valence-corrected chi connectivity index (χ4v) is 12.1. The van der Waals surface area contributed by atoms with Gasteiger partial charge in [-0.15, -0.1) is 0 Å². The summed E-state index contributed by atoms with van der Waals surface area (Å²) in [5.74, 6) is -3.03. The molecule has 17 heteroatoms. The van der Waals surface area contributed by atoms with Crippen LogP contribution in [0, 0.1) is 5.92 Å². The Balaban J connectivity index is 1.11. The van der Waals surface area contributed by atoms with Crippen LogP contribution in [0.15, 0.2) is 60.8 Å². The monoisotopic (exact) mass is 908 g/mol. The second kappa shape index (κ2) is 18.4. The summed E-state index contributed by atoms with van der Waals surface area (Å²) in [6.45, 7) is 0.0368. The molecule has 4 heterocycles. The number of sulfonamides is 1. The number of hydrogen-bond donors (Lipinski definition) is 6. The topological polar surface area (TPSA) is 219 Å². The molecule has 3 aliphatic heterocycles. The van der Waals surface area contributed by atoms with Crippen molar-refractivity contribution in [2.24, 2.45) is 5.92 Å². The van der Waals surface area contributed by atoms with Crippen molar-refractivity contribution in [3.63, 3.8) is 0 Å². The van der Waals surface area contributed by atoms with Gasteiger partial charge in [0.25, 0.3) is 0 Å². The molecule has 6 amide bonds. The fraction of sp³-hybridized carbons (Fsp3) is 0.542. The van der Waals surface area contributed by atoms with Crippen LogP contribution in [0.3, 0.4) is 0 Å². The number of allylic oxidation sites excluding steroid dienone is 1. The summed E-state index contributed by atoms with van der Waals surface area (Å²) in [7, 11) is -3.67. The van der Waals surface area contributed by atoms with Gasteiger partial charge in [0.05, 0.1) is 6.26 Å². The molecule has 9 rings (SSSR count). The van der Waals surface area contributed by atoms with Crippen molar-refractivity contribution < 1.29 is 37.2 Å². The first-order valence-corrected chi connectivity index (χ1v) is 25.3. The highest BCUT2D eigenvalue weighted by Crippen LogP contribution is 2.42. The number of nitrogens with zero attached hydrogens (tertiary/aromatic N) is 2. The van der Waals surface area contributed by atoms with Gasteiger partial charge in [0.15, 0.2) is 0 Å². The van der Waals surface area contributed by atoms with E-state index in [9.17, 15) is 32.4 Å². The van der Waals surface area contributed by atoms with Crippen LogP contribution in [0.2, 0.25) is 0 Å². The Morgan fingerprint density at radius 2 is 1.49 bits per heavy atom. The maximum Gasteiger partial charge on any atom is 0.246 e. The molecule has 6 aliphatic rings. The Bertz CT molecular complexity index is 2510. The zero-order chi connectivity index (χ0) is 45.5. The summed E-state index contributed by atoms with van der Waals surface area (Å²) >= 11 is 0. The van der Waals surface area contributed by atoms with Gasteiger partial charge in [-0.3, -0.25) is 28.8 Å². The summed E-state index contributed by atoms with van der Waals surface area (Å²) in [6, 6.07) is 9.85. The molecule has 0 unspecified atom stereocenters. The number of para-hydroxylation sites is 1. The van der Waals surface area contributed by atoms with E-state index in [1.807, 2.05) is 48.5 Å². The number of amides is 6. The van der Waals surface area contributed by atoms with Crippen LogP contribution in [0.5, 0.6) is 0 Å². The van der Waals surface area contributed by atoms with E-state index in [0.717, 1.165) is 58.7 Å². The molecule has 0 bridgehead atoms. The minimum Gasteiger partial charge on any atom is -0.361 e. The van der Waals surface area contributed by atoms with E-state index in [4.69, 9.17) is 0 Å². The van der Waals surface area contributed by atoms with E-state index < -0.39 is 75.3 Å². The predicted octanol–water partition coefficient (Wildman–Crippen LogP) is 2.73. The minimum atomic E-state index is -3.67. The van der Waals surface area contributed by atoms with Crippen molar-refractivity contribution in [2.75, 3.05) is 19.3 Å². The van der Waals surface area contributed by atoms with Crippen LogP contribution in [-0.4, -0.2) is 120 Å². The van der Waals surface area contributed by atoms with E-state index in [1.54, 1.807) is 11.1 Å². The Labute approximate surface area is 379 Å². The summed E-state index contributed by atoms with van der Waals surface area (Å²) < 4.78 is 26.8. The molecule has 6 N–H and O–H groups in total. The third-order valence-electron chi connectivity index (χ3n) is 14.8. The van der Waals surface area contributed by atoms with Gasteiger partial charge in [-0.05, 0) is 92.0 Å². The largest absolute Gasteiger partial charge is 0.361 e. The van der Waals surface area contributed by atoms with Crippen molar-refractivity contribution in [3.05, 3.63) is 77.5 Å². The third-order valence-corrected chi connectivity index (χ3v) is 15.6. The van der Waals surface area contributed by atoms with Gasteiger partial charge in [-0.25, -0.2) is 13.1 Å². The molecule has 5 fully saturated rings. The lowest BCUT2D eigenvalue weighted by Crippen LogP contribution is -2.65. The molecule has 7 atom stereocenters. The van der Waals surface area contributed by atoms with Gasteiger partial charge in [-0.1, -0.05) is 74.2 Å². The Morgan fingerprint density at radius 3 is 2.31 bits per heavy atom. The molecule has 0 radical (unpaired) electrons. The lowest BCUT2D eigenvalue weighted by atomic mass is 9.84. The second-order valence-electron chi connectivity index (χ2n) is 19.0.